The molecule has 1 aromatic carbocycles. The number of ether oxygens (including phenoxy) is 2. The van der Waals surface area contributed by atoms with E-state index in [-0.39, 0.29) is 5.97 Å². The van der Waals surface area contributed by atoms with Gasteiger partial charge in [0.1, 0.15) is 18.9 Å². The molecule has 4 nitrogen and oxygen atoms in total. The van der Waals surface area contributed by atoms with E-state index in [0.29, 0.717) is 18.2 Å². The van der Waals surface area contributed by atoms with Gasteiger partial charge >= 0.3 is 5.97 Å². The number of nitrogens with one attached hydrogen (secondary N) is 1. The maximum atomic E-state index is 11.7. The number of rotatable bonds is 6. The fourth-order valence-corrected chi connectivity index (χ4v) is 1.40. The zero-order valence-electron chi connectivity index (χ0n) is 11.5. The molecular weight excluding hydrogens is 230 g/mol. The van der Waals surface area contributed by atoms with Crippen molar-refractivity contribution in [2.75, 3.05) is 27.3 Å². The summed E-state index contributed by atoms with van der Waals surface area (Å²) in [6.07, 6.45) is 0. The third kappa shape index (κ3) is 4.37. The minimum atomic E-state index is -0.283. The average molecular weight is 252 g/mol. The van der Waals surface area contributed by atoms with E-state index in [1.54, 1.807) is 31.4 Å². The molecule has 100 valence electrons. The molecule has 0 spiro atoms. The maximum Gasteiger partial charge on any atom is 0.338 e. The highest BCUT2D eigenvalue weighted by Gasteiger charge is 2.10. The maximum absolute atomic E-state index is 11.7. The van der Waals surface area contributed by atoms with Crippen molar-refractivity contribution in [3.05, 3.63) is 29.8 Å². The molecule has 0 aliphatic rings. The van der Waals surface area contributed by atoms with Crippen molar-refractivity contribution in [3.63, 3.8) is 0 Å². The number of carbonyl (C=O) groups is 1. The molecule has 0 fully saturated rings. The van der Waals surface area contributed by atoms with Crippen LogP contribution in [0.2, 0.25) is 0 Å². The molecule has 0 bridgehead atoms. The zero-order valence-corrected chi connectivity index (χ0v) is 11.5. The minimum absolute atomic E-state index is 0.283. The monoisotopic (exact) mass is 252 g/mol. The minimum Gasteiger partial charge on any atom is -0.497 e. The summed E-state index contributed by atoms with van der Waals surface area (Å²) >= 11 is 0. The van der Waals surface area contributed by atoms with Gasteiger partial charge in [-0.15, -0.1) is 0 Å². The molecule has 0 aliphatic carbocycles. The molecule has 1 atom stereocenters. The predicted octanol–water partition coefficient (Wildman–Crippen LogP) is 0.775. The van der Waals surface area contributed by atoms with E-state index in [4.69, 9.17) is 9.47 Å². The molecule has 4 heteroatoms. The predicted molar refractivity (Wildman–Crippen MR) is 70.2 cm³/mol. The van der Waals surface area contributed by atoms with Crippen molar-refractivity contribution >= 4 is 5.97 Å². The molecule has 18 heavy (non-hydrogen) atoms. The first-order chi connectivity index (χ1) is 8.54. The zero-order chi connectivity index (χ0) is 13.5. The lowest BCUT2D eigenvalue weighted by atomic mass is 10.2. The van der Waals surface area contributed by atoms with Crippen molar-refractivity contribution in [1.29, 1.82) is 0 Å². The van der Waals surface area contributed by atoms with Crippen LogP contribution in [0.5, 0.6) is 5.75 Å². The van der Waals surface area contributed by atoms with Gasteiger partial charge in [-0.3, -0.25) is 0 Å². The number of methoxy groups -OCH3 is 1. The topological polar surface area (TPSA) is 40.0 Å². The summed E-state index contributed by atoms with van der Waals surface area (Å²) in [6, 6.07) is 7.45. The van der Waals surface area contributed by atoms with Crippen LogP contribution in [-0.4, -0.2) is 39.3 Å². The summed E-state index contributed by atoms with van der Waals surface area (Å²) < 4.78 is 10.3. The Bertz CT molecular complexity index is 373. The van der Waals surface area contributed by atoms with Gasteiger partial charge in [0, 0.05) is 0 Å². The van der Waals surface area contributed by atoms with Crippen molar-refractivity contribution in [2.45, 2.75) is 19.9 Å². The molecule has 1 rings (SSSR count). The summed E-state index contributed by atoms with van der Waals surface area (Å²) in [5, 5.41) is 0. The summed E-state index contributed by atoms with van der Waals surface area (Å²) in [7, 11) is 3.68. The van der Waals surface area contributed by atoms with Crippen LogP contribution in [0.3, 0.4) is 0 Å². The van der Waals surface area contributed by atoms with E-state index in [1.165, 1.54) is 4.90 Å². The van der Waals surface area contributed by atoms with Gasteiger partial charge in [0.2, 0.25) is 0 Å². The third-order valence-electron chi connectivity index (χ3n) is 3.04. The largest absolute Gasteiger partial charge is 0.497 e. The van der Waals surface area contributed by atoms with E-state index in [1.807, 2.05) is 0 Å². The normalized spacial score (nSPS) is 12.3. The first kappa shape index (κ1) is 14.5. The Labute approximate surface area is 108 Å². The van der Waals surface area contributed by atoms with Gasteiger partial charge in [-0.25, -0.2) is 4.79 Å². The van der Waals surface area contributed by atoms with Crippen molar-refractivity contribution < 1.29 is 19.2 Å². The second kappa shape index (κ2) is 7.01. The number of carbonyl (C=O) groups excluding carboxylic acids is 1. The van der Waals surface area contributed by atoms with Crippen LogP contribution in [0.25, 0.3) is 0 Å². The Morgan fingerprint density at radius 3 is 2.39 bits per heavy atom. The third-order valence-corrected chi connectivity index (χ3v) is 3.04. The van der Waals surface area contributed by atoms with E-state index < -0.39 is 0 Å². The Morgan fingerprint density at radius 2 is 1.89 bits per heavy atom. The highest BCUT2D eigenvalue weighted by molar-refractivity contribution is 5.89. The van der Waals surface area contributed by atoms with Gasteiger partial charge in [-0.05, 0) is 38.1 Å². The Kier molecular flexibility index (Phi) is 5.65. The van der Waals surface area contributed by atoms with E-state index >= 15 is 0 Å². The lowest BCUT2D eigenvalue weighted by Gasteiger charge is -2.17. The number of hydrogen-bond donors (Lipinski definition) is 1. The molecule has 1 aromatic rings. The number of esters is 1. The molecule has 1 unspecified atom stereocenters. The molecule has 0 radical (unpaired) electrons. The smallest absolute Gasteiger partial charge is 0.338 e. The fraction of sp³-hybridized carbons (Fsp3) is 0.500. The van der Waals surface area contributed by atoms with E-state index in [9.17, 15) is 4.79 Å². The van der Waals surface area contributed by atoms with Crippen LogP contribution >= 0.6 is 0 Å². The van der Waals surface area contributed by atoms with Crippen molar-refractivity contribution in [3.8, 4) is 5.75 Å². The highest BCUT2D eigenvalue weighted by atomic mass is 16.5. The van der Waals surface area contributed by atoms with Crippen molar-refractivity contribution in [1.82, 2.24) is 0 Å². The Morgan fingerprint density at radius 1 is 1.28 bits per heavy atom. The molecule has 0 aliphatic heterocycles. The van der Waals surface area contributed by atoms with Gasteiger partial charge in [-0.2, -0.15) is 0 Å². The summed E-state index contributed by atoms with van der Waals surface area (Å²) in [6.45, 7) is 5.54. The summed E-state index contributed by atoms with van der Waals surface area (Å²) in [5.41, 5.74) is 0.554. The second-order valence-electron chi connectivity index (χ2n) is 4.62. The number of benzene rings is 1. The van der Waals surface area contributed by atoms with Gasteiger partial charge in [0.15, 0.2) is 0 Å². The average Bonchev–Trinajstić information content (AvgIpc) is 2.38. The fourth-order valence-electron chi connectivity index (χ4n) is 1.40. The molecule has 0 saturated carbocycles. The van der Waals surface area contributed by atoms with Crippen molar-refractivity contribution in [2.24, 2.45) is 0 Å². The molecular formula is C14H22NO3+. The Balaban J connectivity index is 2.40. The van der Waals surface area contributed by atoms with Gasteiger partial charge in [0.05, 0.1) is 25.8 Å². The second-order valence-corrected chi connectivity index (χ2v) is 4.62. The summed E-state index contributed by atoms with van der Waals surface area (Å²) in [4.78, 5) is 13.1. The summed E-state index contributed by atoms with van der Waals surface area (Å²) in [5.74, 6) is 0.449. The first-order valence-corrected chi connectivity index (χ1v) is 6.18. The van der Waals surface area contributed by atoms with Crippen LogP contribution in [-0.2, 0) is 4.74 Å². The lowest BCUT2D eigenvalue weighted by Crippen LogP contribution is -3.12. The van der Waals surface area contributed by atoms with Crippen LogP contribution in [0, 0.1) is 0 Å². The van der Waals surface area contributed by atoms with Crippen LogP contribution in [0.4, 0.5) is 0 Å². The molecule has 0 amide bonds. The number of quaternary nitrogens is 1. The van der Waals surface area contributed by atoms with Crippen LogP contribution in [0.1, 0.15) is 24.2 Å². The quantitative estimate of drug-likeness (QED) is 0.760. The van der Waals surface area contributed by atoms with Gasteiger partial charge in [0.25, 0.3) is 0 Å². The van der Waals surface area contributed by atoms with Crippen LogP contribution in [0.15, 0.2) is 24.3 Å². The molecule has 1 N–H and O–H groups in total. The van der Waals surface area contributed by atoms with Gasteiger partial charge in [-0.1, -0.05) is 0 Å². The molecule has 0 saturated heterocycles. The van der Waals surface area contributed by atoms with Crippen LogP contribution < -0.4 is 9.64 Å². The number of likely N-dealkylation sites (N-methyl/N-ethyl adjacent to an activating group) is 1. The first-order valence-electron chi connectivity index (χ1n) is 6.18. The molecule has 0 aromatic heterocycles. The number of hydrogen-bond acceptors (Lipinski definition) is 3. The standard InChI is InChI=1S/C14H21NO3/c1-11(2)15(3)9-10-18-14(16)12-5-7-13(17-4)8-6-12/h5-8,11H,9-10H2,1-4H3/p+1. The lowest BCUT2D eigenvalue weighted by molar-refractivity contribution is -0.901. The van der Waals surface area contributed by atoms with Gasteiger partial charge < -0.3 is 14.4 Å². The van der Waals surface area contributed by atoms with E-state index in [2.05, 4.69) is 20.9 Å². The SMILES string of the molecule is COc1ccc(C(=O)OCC[NH+](C)C(C)C)cc1. The Hall–Kier alpha value is -1.55. The highest BCUT2D eigenvalue weighted by Crippen LogP contribution is 2.11. The van der Waals surface area contributed by atoms with E-state index in [0.717, 1.165) is 12.3 Å². The molecule has 0 heterocycles.